The van der Waals surface area contributed by atoms with Gasteiger partial charge >= 0.3 is 0 Å². The highest BCUT2D eigenvalue weighted by atomic mass is 16.5. The SMILES string of the molecule is CN1CC(c2cnn(CCN3CCOCC3)c2)=CN=C1c1cccc(Cn2ncccc2=O)c1. The second-order valence-electron chi connectivity index (χ2n) is 8.63. The molecule has 9 nitrogen and oxygen atoms in total. The number of morpholine rings is 1. The lowest BCUT2D eigenvalue weighted by atomic mass is 10.1. The van der Waals surface area contributed by atoms with Gasteiger partial charge in [-0.05, 0) is 17.7 Å². The second-order valence-corrected chi connectivity index (χ2v) is 8.63. The minimum absolute atomic E-state index is 0.113. The molecule has 2 aliphatic heterocycles. The van der Waals surface area contributed by atoms with Crippen molar-refractivity contribution < 1.29 is 4.74 Å². The molecule has 0 aliphatic carbocycles. The third-order valence-corrected chi connectivity index (χ3v) is 6.17. The summed E-state index contributed by atoms with van der Waals surface area (Å²) in [5, 5.41) is 8.71. The van der Waals surface area contributed by atoms with Crippen LogP contribution in [0.2, 0.25) is 0 Å². The van der Waals surface area contributed by atoms with Crippen molar-refractivity contribution in [2.24, 2.45) is 4.99 Å². The van der Waals surface area contributed by atoms with E-state index >= 15 is 0 Å². The van der Waals surface area contributed by atoms with Gasteiger partial charge in [0.05, 0.1) is 32.5 Å². The van der Waals surface area contributed by atoms with Crippen LogP contribution >= 0.6 is 0 Å². The van der Waals surface area contributed by atoms with Crippen molar-refractivity contribution in [2.75, 3.05) is 46.4 Å². The Kier molecular flexibility index (Phi) is 6.64. The van der Waals surface area contributed by atoms with E-state index in [0.717, 1.165) is 74.0 Å². The van der Waals surface area contributed by atoms with Crippen LogP contribution in [0.25, 0.3) is 5.57 Å². The van der Waals surface area contributed by atoms with Gasteiger partial charge in [-0.25, -0.2) is 9.67 Å². The molecule has 0 bridgehead atoms. The van der Waals surface area contributed by atoms with E-state index in [1.807, 2.05) is 42.3 Å². The predicted molar refractivity (Wildman–Crippen MR) is 131 cm³/mol. The summed E-state index contributed by atoms with van der Waals surface area (Å²) in [7, 11) is 2.05. The van der Waals surface area contributed by atoms with Gasteiger partial charge in [0.2, 0.25) is 0 Å². The van der Waals surface area contributed by atoms with Crippen LogP contribution in [0.4, 0.5) is 0 Å². The summed E-state index contributed by atoms with van der Waals surface area (Å²) in [6, 6.07) is 11.3. The molecule has 4 heterocycles. The highest BCUT2D eigenvalue weighted by Gasteiger charge is 2.18. The minimum Gasteiger partial charge on any atom is -0.379 e. The van der Waals surface area contributed by atoms with Gasteiger partial charge in [-0.2, -0.15) is 10.2 Å². The average Bonchev–Trinajstić information content (AvgIpc) is 3.34. The summed E-state index contributed by atoms with van der Waals surface area (Å²) in [6.07, 6.45) is 7.59. The molecule has 5 rings (SSSR count). The first-order valence-corrected chi connectivity index (χ1v) is 11.6. The first-order valence-electron chi connectivity index (χ1n) is 11.6. The summed E-state index contributed by atoms with van der Waals surface area (Å²) in [5.74, 6) is 0.902. The highest BCUT2D eigenvalue weighted by Crippen LogP contribution is 2.21. The largest absolute Gasteiger partial charge is 0.379 e. The zero-order valence-electron chi connectivity index (χ0n) is 19.4. The number of nitrogens with zero attached hydrogens (tertiary/aromatic N) is 7. The van der Waals surface area contributed by atoms with Crippen LogP contribution in [-0.4, -0.2) is 81.6 Å². The van der Waals surface area contributed by atoms with Gasteiger partial charge in [0, 0.05) is 74.6 Å². The van der Waals surface area contributed by atoms with Gasteiger partial charge in [-0.3, -0.25) is 14.4 Å². The molecule has 0 spiro atoms. The van der Waals surface area contributed by atoms with Gasteiger partial charge in [-0.15, -0.1) is 0 Å². The van der Waals surface area contributed by atoms with Crippen molar-refractivity contribution in [1.82, 2.24) is 29.4 Å². The van der Waals surface area contributed by atoms with Crippen molar-refractivity contribution in [3.05, 3.63) is 88.2 Å². The van der Waals surface area contributed by atoms with Crippen molar-refractivity contribution in [1.29, 1.82) is 0 Å². The van der Waals surface area contributed by atoms with Crippen LogP contribution < -0.4 is 5.56 Å². The number of amidine groups is 1. The number of aromatic nitrogens is 4. The summed E-state index contributed by atoms with van der Waals surface area (Å²) in [4.78, 5) is 21.3. The standard InChI is InChI=1S/C25H29N7O2/c1-29-18-22(23-16-28-31(19-23)9-8-30-10-12-34-13-11-30)15-26-25(29)21-5-2-4-20(14-21)17-32-24(33)6-3-7-27-32/h2-7,14-16,19H,8-13,17-18H2,1H3. The third-order valence-electron chi connectivity index (χ3n) is 6.17. The molecule has 0 N–H and O–H groups in total. The number of likely N-dealkylation sites (N-methyl/N-ethyl adjacent to an activating group) is 1. The molecule has 0 radical (unpaired) electrons. The van der Waals surface area contributed by atoms with E-state index in [4.69, 9.17) is 9.73 Å². The maximum absolute atomic E-state index is 12.0. The summed E-state index contributed by atoms with van der Waals surface area (Å²) >= 11 is 0. The Balaban J connectivity index is 1.28. The third kappa shape index (κ3) is 5.16. The molecule has 2 aliphatic rings. The van der Waals surface area contributed by atoms with Crippen LogP contribution in [0.15, 0.2) is 71.0 Å². The van der Waals surface area contributed by atoms with Crippen LogP contribution in [-0.2, 0) is 17.8 Å². The number of hydrogen-bond acceptors (Lipinski definition) is 7. The lowest BCUT2D eigenvalue weighted by Gasteiger charge is -2.26. The van der Waals surface area contributed by atoms with Gasteiger partial charge in [-0.1, -0.05) is 18.2 Å². The fraction of sp³-hybridized carbons (Fsp3) is 0.360. The fourth-order valence-electron chi connectivity index (χ4n) is 4.28. The molecule has 9 heteroatoms. The highest BCUT2D eigenvalue weighted by molar-refractivity contribution is 6.01. The van der Waals surface area contributed by atoms with E-state index in [-0.39, 0.29) is 5.56 Å². The molecule has 2 aromatic heterocycles. The molecule has 0 unspecified atom stereocenters. The molecule has 0 saturated carbocycles. The van der Waals surface area contributed by atoms with Crippen molar-refractivity contribution in [3.63, 3.8) is 0 Å². The number of hydrogen-bond donors (Lipinski definition) is 0. The molecule has 1 saturated heterocycles. The van der Waals surface area contributed by atoms with Crippen LogP contribution in [0.3, 0.4) is 0 Å². The minimum atomic E-state index is -0.113. The molecular formula is C25H29N7O2. The monoisotopic (exact) mass is 459 g/mol. The summed E-state index contributed by atoms with van der Waals surface area (Å²) < 4.78 is 8.89. The number of ether oxygens (including phenoxy) is 1. The maximum atomic E-state index is 12.0. The Hall–Kier alpha value is -3.56. The lowest BCUT2D eigenvalue weighted by Crippen LogP contribution is -2.38. The molecule has 3 aromatic rings. The van der Waals surface area contributed by atoms with E-state index in [1.165, 1.54) is 10.7 Å². The Labute approximate surface area is 198 Å². The molecule has 34 heavy (non-hydrogen) atoms. The normalized spacial score (nSPS) is 16.9. The number of benzene rings is 1. The van der Waals surface area contributed by atoms with Gasteiger partial charge in [0.15, 0.2) is 0 Å². The first kappa shape index (κ1) is 22.2. The Morgan fingerprint density at radius 1 is 1.03 bits per heavy atom. The molecule has 1 aromatic carbocycles. The Bertz CT molecular complexity index is 1250. The molecule has 1 fully saturated rings. The maximum Gasteiger partial charge on any atom is 0.267 e. The van der Waals surface area contributed by atoms with Crippen LogP contribution in [0.1, 0.15) is 16.7 Å². The van der Waals surface area contributed by atoms with Gasteiger partial charge in [0.1, 0.15) is 5.84 Å². The summed E-state index contributed by atoms with van der Waals surface area (Å²) in [6.45, 7) is 6.62. The zero-order chi connectivity index (χ0) is 23.3. The molecular weight excluding hydrogens is 430 g/mol. The first-order chi connectivity index (χ1) is 16.7. The zero-order valence-corrected chi connectivity index (χ0v) is 19.4. The number of rotatable bonds is 7. The van der Waals surface area contributed by atoms with E-state index in [0.29, 0.717) is 6.54 Å². The Morgan fingerprint density at radius 2 is 1.91 bits per heavy atom. The van der Waals surface area contributed by atoms with Crippen molar-refractivity contribution in [2.45, 2.75) is 13.1 Å². The molecule has 0 amide bonds. The predicted octanol–water partition coefficient (Wildman–Crippen LogP) is 1.55. The van der Waals surface area contributed by atoms with E-state index in [9.17, 15) is 4.79 Å². The van der Waals surface area contributed by atoms with E-state index in [2.05, 4.69) is 32.3 Å². The second kappa shape index (κ2) is 10.1. The lowest BCUT2D eigenvalue weighted by molar-refractivity contribution is 0.0360. The van der Waals surface area contributed by atoms with Crippen LogP contribution in [0, 0.1) is 0 Å². The summed E-state index contributed by atoms with van der Waals surface area (Å²) in [5.41, 5.74) is 4.14. The quantitative estimate of drug-likeness (QED) is 0.533. The number of aliphatic imine (C=N–C) groups is 1. The topological polar surface area (TPSA) is 80.8 Å². The average molecular weight is 460 g/mol. The van der Waals surface area contributed by atoms with Gasteiger partial charge in [0.25, 0.3) is 5.56 Å². The van der Waals surface area contributed by atoms with E-state index in [1.54, 1.807) is 12.3 Å². The smallest absolute Gasteiger partial charge is 0.267 e. The fourth-order valence-corrected chi connectivity index (χ4v) is 4.28. The van der Waals surface area contributed by atoms with Crippen LogP contribution in [0.5, 0.6) is 0 Å². The van der Waals surface area contributed by atoms with Gasteiger partial charge < -0.3 is 9.64 Å². The molecule has 176 valence electrons. The molecule has 0 atom stereocenters. The van der Waals surface area contributed by atoms with Crippen molar-refractivity contribution >= 4 is 11.4 Å². The van der Waals surface area contributed by atoms with Crippen molar-refractivity contribution in [3.8, 4) is 0 Å². The van der Waals surface area contributed by atoms with E-state index < -0.39 is 0 Å². The Morgan fingerprint density at radius 3 is 2.74 bits per heavy atom.